The van der Waals surface area contributed by atoms with Crippen LogP contribution in [0, 0.1) is 6.92 Å². The van der Waals surface area contributed by atoms with Crippen molar-refractivity contribution in [1.82, 2.24) is 4.90 Å². The van der Waals surface area contributed by atoms with E-state index in [2.05, 4.69) is 5.32 Å². The molecule has 2 rings (SSSR count). The van der Waals surface area contributed by atoms with Crippen molar-refractivity contribution in [3.05, 3.63) is 59.7 Å². The lowest BCUT2D eigenvalue weighted by Crippen LogP contribution is -2.39. The molecule has 0 heterocycles. The zero-order chi connectivity index (χ0) is 16.8. The maximum Gasteiger partial charge on any atom is 0.241 e. The van der Waals surface area contributed by atoms with Crippen LogP contribution in [0.4, 0.5) is 5.69 Å². The van der Waals surface area contributed by atoms with Crippen LogP contribution < -0.4 is 10.1 Å². The summed E-state index contributed by atoms with van der Waals surface area (Å²) in [4.78, 5) is 14.4. The van der Waals surface area contributed by atoms with Crippen LogP contribution in [-0.2, 0) is 11.3 Å². The molecule has 0 aliphatic rings. The first-order valence-electron chi connectivity index (χ1n) is 7.70. The van der Waals surface area contributed by atoms with Crippen LogP contribution in [0.3, 0.4) is 0 Å². The highest BCUT2D eigenvalue weighted by molar-refractivity contribution is 5.94. The average molecular weight is 312 g/mol. The van der Waals surface area contributed by atoms with Crippen molar-refractivity contribution in [2.24, 2.45) is 0 Å². The first-order chi connectivity index (χ1) is 11.0. The summed E-state index contributed by atoms with van der Waals surface area (Å²) in [5.74, 6) is 0.827. The lowest BCUT2D eigenvalue weighted by atomic mass is 10.1. The lowest BCUT2D eigenvalue weighted by Gasteiger charge is -2.24. The molecule has 0 aliphatic carbocycles. The van der Waals surface area contributed by atoms with E-state index in [0.717, 1.165) is 22.6 Å². The number of carbonyl (C=O) groups is 1. The lowest BCUT2D eigenvalue weighted by molar-refractivity contribution is -0.120. The third kappa shape index (κ3) is 4.83. The number of amides is 1. The number of rotatable bonds is 6. The van der Waals surface area contributed by atoms with Crippen molar-refractivity contribution >= 4 is 11.6 Å². The second kappa shape index (κ2) is 7.79. The minimum Gasteiger partial charge on any atom is -0.497 e. The van der Waals surface area contributed by atoms with Gasteiger partial charge in [-0.3, -0.25) is 9.69 Å². The van der Waals surface area contributed by atoms with E-state index in [9.17, 15) is 4.79 Å². The standard InChI is InChI=1S/C19H24N2O2/c1-14-6-5-7-17(12-14)20-19(22)15(2)21(3)13-16-8-10-18(23-4)11-9-16/h5-12,15H,13H2,1-4H3,(H,20,22). The molecule has 0 aliphatic heterocycles. The molecule has 0 fully saturated rings. The summed E-state index contributed by atoms with van der Waals surface area (Å²) >= 11 is 0. The van der Waals surface area contributed by atoms with Crippen molar-refractivity contribution in [3.8, 4) is 5.75 Å². The van der Waals surface area contributed by atoms with Crippen molar-refractivity contribution in [2.45, 2.75) is 26.4 Å². The monoisotopic (exact) mass is 312 g/mol. The average Bonchev–Trinajstić information content (AvgIpc) is 2.54. The number of benzene rings is 2. The molecule has 1 unspecified atom stereocenters. The van der Waals surface area contributed by atoms with E-state index < -0.39 is 0 Å². The zero-order valence-corrected chi connectivity index (χ0v) is 14.2. The Bertz CT molecular complexity index is 653. The van der Waals surface area contributed by atoms with Gasteiger partial charge in [-0.05, 0) is 56.3 Å². The Balaban J connectivity index is 1.95. The van der Waals surface area contributed by atoms with E-state index in [0.29, 0.717) is 6.54 Å². The molecule has 0 aromatic heterocycles. The molecule has 122 valence electrons. The third-order valence-electron chi connectivity index (χ3n) is 3.92. The van der Waals surface area contributed by atoms with E-state index in [1.807, 2.05) is 74.3 Å². The van der Waals surface area contributed by atoms with Gasteiger partial charge in [-0.25, -0.2) is 0 Å². The second-order valence-corrected chi connectivity index (χ2v) is 5.80. The summed E-state index contributed by atoms with van der Waals surface area (Å²) in [6.07, 6.45) is 0. The van der Waals surface area contributed by atoms with E-state index in [-0.39, 0.29) is 11.9 Å². The molecule has 0 bridgehead atoms. The van der Waals surface area contributed by atoms with E-state index in [4.69, 9.17) is 4.74 Å². The second-order valence-electron chi connectivity index (χ2n) is 5.80. The predicted octanol–water partition coefficient (Wildman–Crippen LogP) is 3.46. The van der Waals surface area contributed by atoms with Crippen molar-refractivity contribution < 1.29 is 9.53 Å². The number of hydrogen-bond donors (Lipinski definition) is 1. The molecule has 0 radical (unpaired) electrons. The summed E-state index contributed by atoms with van der Waals surface area (Å²) in [5, 5.41) is 2.97. The predicted molar refractivity (Wildman–Crippen MR) is 93.7 cm³/mol. The number of nitrogens with one attached hydrogen (secondary N) is 1. The molecular formula is C19H24N2O2. The SMILES string of the molecule is COc1ccc(CN(C)C(C)C(=O)Nc2cccc(C)c2)cc1. The first-order valence-corrected chi connectivity index (χ1v) is 7.70. The van der Waals surface area contributed by atoms with Gasteiger partial charge in [0.1, 0.15) is 5.75 Å². The fourth-order valence-electron chi connectivity index (χ4n) is 2.33. The molecule has 2 aromatic carbocycles. The van der Waals surface area contributed by atoms with Gasteiger partial charge in [0.05, 0.1) is 13.2 Å². The van der Waals surface area contributed by atoms with Gasteiger partial charge in [-0.2, -0.15) is 0 Å². The summed E-state index contributed by atoms with van der Waals surface area (Å²) in [6.45, 7) is 4.62. The van der Waals surface area contributed by atoms with Crippen molar-refractivity contribution in [2.75, 3.05) is 19.5 Å². The summed E-state index contributed by atoms with van der Waals surface area (Å²) in [5.41, 5.74) is 3.10. The van der Waals surface area contributed by atoms with Crippen LogP contribution in [0.1, 0.15) is 18.1 Å². The highest BCUT2D eigenvalue weighted by Gasteiger charge is 2.18. The number of ether oxygens (including phenoxy) is 1. The number of carbonyl (C=O) groups excluding carboxylic acids is 1. The molecule has 4 heteroatoms. The van der Waals surface area contributed by atoms with Gasteiger partial charge >= 0.3 is 0 Å². The zero-order valence-electron chi connectivity index (χ0n) is 14.2. The number of aryl methyl sites for hydroxylation is 1. The van der Waals surface area contributed by atoms with Crippen LogP contribution in [0.25, 0.3) is 0 Å². The molecule has 0 spiro atoms. The summed E-state index contributed by atoms with van der Waals surface area (Å²) < 4.78 is 5.16. The molecule has 4 nitrogen and oxygen atoms in total. The van der Waals surface area contributed by atoms with Gasteiger partial charge in [0, 0.05) is 12.2 Å². The quantitative estimate of drug-likeness (QED) is 0.888. The van der Waals surface area contributed by atoms with Gasteiger partial charge in [0.2, 0.25) is 5.91 Å². The van der Waals surface area contributed by atoms with Gasteiger partial charge < -0.3 is 10.1 Å². The highest BCUT2D eigenvalue weighted by Crippen LogP contribution is 2.15. The van der Waals surface area contributed by atoms with Crippen LogP contribution >= 0.6 is 0 Å². The molecule has 1 amide bonds. The topological polar surface area (TPSA) is 41.6 Å². The Hall–Kier alpha value is -2.33. The Labute approximate surface area is 138 Å². The Morgan fingerprint density at radius 2 is 1.91 bits per heavy atom. The number of methoxy groups -OCH3 is 1. The van der Waals surface area contributed by atoms with Crippen LogP contribution in [-0.4, -0.2) is 31.0 Å². The van der Waals surface area contributed by atoms with Crippen molar-refractivity contribution in [3.63, 3.8) is 0 Å². The molecule has 2 aromatic rings. The summed E-state index contributed by atoms with van der Waals surface area (Å²) in [6, 6.07) is 15.5. The molecular weight excluding hydrogens is 288 g/mol. The van der Waals surface area contributed by atoms with Gasteiger partial charge in [-0.1, -0.05) is 24.3 Å². The van der Waals surface area contributed by atoms with Crippen LogP contribution in [0.2, 0.25) is 0 Å². The first kappa shape index (κ1) is 17.0. The fraction of sp³-hybridized carbons (Fsp3) is 0.316. The van der Waals surface area contributed by atoms with Crippen LogP contribution in [0.5, 0.6) is 5.75 Å². The number of nitrogens with zero attached hydrogens (tertiary/aromatic N) is 1. The van der Waals surface area contributed by atoms with E-state index in [1.165, 1.54) is 0 Å². The van der Waals surface area contributed by atoms with Gasteiger partial charge in [0.15, 0.2) is 0 Å². The third-order valence-corrected chi connectivity index (χ3v) is 3.92. The molecule has 0 saturated heterocycles. The smallest absolute Gasteiger partial charge is 0.241 e. The molecule has 1 atom stereocenters. The summed E-state index contributed by atoms with van der Waals surface area (Å²) in [7, 11) is 3.60. The van der Waals surface area contributed by atoms with Crippen LogP contribution in [0.15, 0.2) is 48.5 Å². The maximum absolute atomic E-state index is 12.4. The normalized spacial score (nSPS) is 12.0. The fourth-order valence-corrected chi connectivity index (χ4v) is 2.33. The Kier molecular flexibility index (Phi) is 5.77. The number of anilines is 1. The van der Waals surface area contributed by atoms with Crippen molar-refractivity contribution in [1.29, 1.82) is 0 Å². The number of likely N-dealkylation sites (N-methyl/N-ethyl adjacent to an activating group) is 1. The van der Waals surface area contributed by atoms with E-state index >= 15 is 0 Å². The molecule has 1 N–H and O–H groups in total. The Morgan fingerprint density at radius 1 is 1.22 bits per heavy atom. The Morgan fingerprint density at radius 3 is 2.52 bits per heavy atom. The van der Waals surface area contributed by atoms with E-state index in [1.54, 1.807) is 7.11 Å². The highest BCUT2D eigenvalue weighted by atomic mass is 16.5. The molecule has 23 heavy (non-hydrogen) atoms. The molecule has 0 saturated carbocycles. The van der Waals surface area contributed by atoms with Gasteiger partial charge in [-0.15, -0.1) is 0 Å². The minimum absolute atomic E-state index is 0.00777. The maximum atomic E-state index is 12.4. The minimum atomic E-state index is -0.224. The van der Waals surface area contributed by atoms with Gasteiger partial charge in [0.25, 0.3) is 0 Å². The largest absolute Gasteiger partial charge is 0.497 e. The number of hydrogen-bond acceptors (Lipinski definition) is 3.